The average Bonchev–Trinajstić information content (AvgIpc) is 3.13. The fraction of sp³-hybridized carbons (Fsp3) is 0.538. The van der Waals surface area contributed by atoms with Gasteiger partial charge in [-0.1, -0.05) is 29.3 Å². The molecule has 1 saturated carbocycles. The van der Waals surface area contributed by atoms with Gasteiger partial charge in [-0.25, -0.2) is 0 Å². The Kier molecular flexibility index (Phi) is 4.69. The van der Waals surface area contributed by atoms with E-state index >= 15 is 0 Å². The lowest BCUT2D eigenvalue weighted by atomic mass is 10.0. The number of hydrogen-bond donors (Lipinski definition) is 2. The molecule has 0 aliphatic heterocycles. The van der Waals surface area contributed by atoms with E-state index < -0.39 is 0 Å². The van der Waals surface area contributed by atoms with Gasteiger partial charge in [0.15, 0.2) is 0 Å². The molecular formula is C13H17Cl2NO. The predicted molar refractivity (Wildman–Crippen MR) is 71.6 cm³/mol. The summed E-state index contributed by atoms with van der Waals surface area (Å²) in [4.78, 5) is 0. The number of benzene rings is 1. The van der Waals surface area contributed by atoms with E-state index in [9.17, 15) is 0 Å². The molecule has 0 aromatic heterocycles. The molecule has 2 rings (SSSR count). The van der Waals surface area contributed by atoms with Gasteiger partial charge in [-0.15, -0.1) is 0 Å². The maximum Gasteiger partial charge on any atom is 0.0595 e. The fourth-order valence-electron chi connectivity index (χ4n) is 2.03. The largest absolute Gasteiger partial charge is 0.396 e. The average molecular weight is 274 g/mol. The van der Waals surface area contributed by atoms with Crippen LogP contribution in [0.1, 0.15) is 30.9 Å². The minimum atomic E-state index is 0.228. The fourth-order valence-corrected chi connectivity index (χ4v) is 2.34. The van der Waals surface area contributed by atoms with Crippen LogP contribution in [0.25, 0.3) is 0 Å². The molecule has 1 aliphatic rings. The topological polar surface area (TPSA) is 32.3 Å². The molecule has 0 radical (unpaired) electrons. The Balaban J connectivity index is 2.06. The summed E-state index contributed by atoms with van der Waals surface area (Å²) in [7, 11) is 0. The summed E-state index contributed by atoms with van der Waals surface area (Å²) in [6.45, 7) is 1.06. The van der Waals surface area contributed by atoms with E-state index in [1.54, 1.807) is 0 Å². The van der Waals surface area contributed by atoms with Crippen molar-refractivity contribution in [3.8, 4) is 0 Å². The van der Waals surface area contributed by atoms with Gasteiger partial charge in [0.2, 0.25) is 0 Å². The van der Waals surface area contributed by atoms with Crippen LogP contribution in [0, 0.1) is 5.92 Å². The van der Waals surface area contributed by atoms with E-state index in [1.165, 1.54) is 18.4 Å². The standard InChI is InChI=1S/C13H17Cl2NO/c14-11-5-4-10(8-12(11)15)13(9-2-3-9)16-6-1-7-17/h4-5,8-9,13,16-17H,1-3,6-7H2. The van der Waals surface area contributed by atoms with Crippen LogP contribution in [0.4, 0.5) is 0 Å². The molecule has 0 spiro atoms. The van der Waals surface area contributed by atoms with E-state index in [0.29, 0.717) is 22.0 Å². The number of nitrogens with one attached hydrogen (secondary N) is 1. The molecule has 94 valence electrons. The third-order valence-corrected chi connectivity index (χ3v) is 3.83. The molecule has 4 heteroatoms. The number of halogens is 2. The monoisotopic (exact) mass is 273 g/mol. The second-order valence-corrected chi connectivity index (χ2v) is 5.33. The molecule has 1 unspecified atom stereocenters. The Bertz CT molecular complexity index is 380. The smallest absolute Gasteiger partial charge is 0.0595 e. The van der Waals surface area contributed by atoms with Crippen molar-refractivity contribution in [1.82, 2.24) is 5.32 Å². The second kappa shape index (κ2) is 6.05. The molecular weight excluding hydrogens is 257 g/mol. The van der Waals surface area contributed by atoms with E-state index in [2.05, 4.69) is 5.32 Å². The molecule has 0 bridgehead atoms. The highest BCUT2D eigenvalue weighted by atomic mass is 35.5. The van der Waals surface area contributed by atoms with Crippen molar-refractivity contribution in [1.29, 1.82) is 0 Å². The summed E-state index contributed by atoms with van der Waals surface area (Å²) in [6, 6.07) is 6.17. The van der Waals surface area contributed by atoms with Crippen LogP contribution in [0.2, 0.25) is 10.0 Å². The van der Waals surface area contributed by atoms with Crippen molar-refractivity contribution in [2.24, 2.45) is 5.92 Å². The van der Waals surface area contributed by atoms with Crippen LogP contribution >= 0.6 is 23.2 Å². The van der Waals surface area contributed by atoms with E-state index in [0.717, 1.165) is 13.0 Å². The van der Waals surface area contributed by atoms with Crippen molar-refractivity contribution in [3.05, 3.63) is 33.8 Å². The number of hydrogen-bond acceptors (Lipinski definition) is 2. The van der Waals surface area contributed by atoms with E-state index in [4.69, 9.17) is 28.3 Å². The third kappa shape index (κ3) is 3.59. The maximum atomic E-state index is 8.81. The quantitative estimate of drug-likeness (QED) is 0.779. The minimum Gasteiger partial charge on any atom is -0.396 e. The van der Waals surface area contributed by atoms with Crippen LogP contribution in [0.3, 0.4) is 0 Å². The maximum absolute atomic E-state index is 8.81. The first-order chi connectivity index (χ1) is 8.22. The Morgan fingerprint density at radius 3 is 2.65 bits per heavy atom. The first kappa shape index (κ1) is 13.2. The van der Waals surface area contributed by atoms with Crippen LogP contribution in [-0.4, -0.2) is 18.3 Å². The van der Waals surface area contributed by atoms with Crippen molar-refractivity contribution < 1.29 is 5.11 Å². The predicted octanol–water partition coefficient (Wildman–Crippen LogP) is 3.42. The number of rotatable bonds is 6. The lowest BCUT2D eigenvalue weighted by molar-refractivity contribution is 0.281. The van der Waals surface area contributed by atoms with Gasteiger partial charge in [-0.05, 0) is 49.4 Å². The van der Waals surface area contributed by atoms with Gasteiger partial charge in [0, 0.05) is 12.6 Å². The molecule has 2 nitrogen and oxygen atoms in total. The van der Waals surface area contributed by atoms with Crippen LogP contribution < -0.4 is 5.32 Å². The molecule has 1 aliphatic carbocycles. The van der Waals surface area contributed by atoms with Crippen molar-refractivity contribution in [3.63, 3.8) is 0 Å². The summed E-state index contributed by atoms with van der Waals surface area (Å²) >= 11 is 12.0. The van der Waals surface area contributed by atoms with Crippen molar-refractivity contribution >= 4 is 23.2 Å². The first-order valence-corrected chi connectivity index (χ1v) is 6.77. The molecule has 1 fully saturated rings. The molecule has 17 heavy (non-hydrogen) atoms. The SMILES string of the molecule is OCCCNC(c1ccc(Cl)c(Cl)c1)C1CC1. The molecule has 2 N–H and O–H groups in total. The van der Waals surface area contributed by atoms with Crippen LogP contribution in [0.15, 0.2) is 18.2 Å². The summed E-state index contributed by atoms with van der Waals surface area (Å²) in [5, 5.41) is 13.5. The molecule has 1 atom stereocenters. The molecule has 1 aromatic rings. The van der Waals surface area contributed by atoms with Gasteiger partial charge in [-0.2, -0.15) is 0 Å². The van der Waals surface area contributed by atoms with E-state index in [1.807, 2.05) is 18.2 Å². The van der Waals surface area contributed by atoms with Gasteiger partial charge < -0.3 is 10.4 Å². The van der Waals surface area contributed by atoms with Gasteiger partial charge in [0.25, 0.3) is 0 Å². The van der Waals surface area contributed by atoms with Crippen molar-refractivity contribution in [2.45, 2.75) is 25.3 Å². The lowest BCUT2D eigenvalue weighted by Crippen LogP contribution is -2.24. The third-order valence-electron chi connectivity index (χ3n) is 3.10. The zero-order chi connectivity index (χ0) is 12.3. The minimum absolute atomic E-state index is 0.228. The Morgan fingerprint density at radius 2 is 2.06 bits per heavy atom. The van der Waals surface area contributed by atoms with Gasteiger partial charge in [0.05, 0.1) is 10.0 Å². The second-order valence-electron chi connectivity index (χ2n) is 4.52. The van der Waals surface area contributed by atoms with Crippen molar-refractivity contribution in [2.75, 3.05) is 13.2 Å². The zero-order valence-corrected chi connectivity index (χ0v) is 11.1. The molecule has 0 amide bonds. The van der Waals surface area contributed by atoms with Crippen LogP contribution in [-0.2, 0) is 0 Å². The number of aliphatic hydroxyl groups excluding tert-OH is 1. The van der Waals surface area contributed by atoms with Gasteiger partial charge in [0.1, 0.15) is 0 Å². The number of aliphatic hydroxyl groups is 1. The van der Waals surface area contributed by atoms with E-state index in [-0.39, 0.29) is 6.61 Å². The van der Waals surface area contributed by atoms with Gasteiger partial charge >= 0.3 is 0 Å². The summed E-state index contributed by atoms with van der Waals surface area (Å²) < 4.78 is 0. The summed E-state index contributed by atoms with van der Waals surface area (Å²) in [6.07, 6.45) is 3.30. The highest BCUT2D eigenvalue weighted by molar-refractivity contribution is 6.42. The molecule has 0 saturated heterocycles. The van der Waals surface area contributed by atoms with Gasteiger partial charge in [-0.3, -0.25) is 0 Å². The van der Waals surface area contributed by atoms with Crippen LogP contribution in [0.5, 0.6) is 0 Å². The molecule has 1 aromatic carbocycles. The summed E-state index contributed by atoms with van der Waals surface area (Å²) in [5.41, 5.74) is 1.19. The normalized spacial score (nSPS) is 17.1. The zero-order valence-electron chi connectivity index (χ0n) is 9.63. The lowest BCUT2D eigenvalue weighted by Gasteiger charge is -2.19. The highest BCUT2D eigenvalue weighted by Gasteiger charge is 2.31. The Labute approximate surface area is 112 Å². The Hall–Kier alpha value is -0.280. The Morgan fingerprint density at radius 1 is 1.29 bits per heavy atom. The summed E-state index contributed by atoms with van der Waals surface area (Å²) in [5.74, 6) is 0.700. The molecule has 0 heterocycles. The highest BCUT2D eigenvalue weighted by Crippen LogP contribution is 2.42. The first-order valence-electron chi connectivity index (χ1n) is 6.01.